The molecule has 1 unspecified atom stereocenters. The van der Waals surface area contributed by atoms with Crippen molar-refractivity contribution in [3.63, 3.8) is 0 Å². The van der Waals surface area contributed by atoms with Crippen molar-refractivity contribution in [2.75, 3.05) is 0 Å². The lowest BCUT2D eigenvalue weighted by atomic mass is 9.84. The summed E-state index contributed by atoms with van der Waals surface area (Å²) in [7, 11) is 0. The van der Waals surface area contributed by atoms with E-state index < -0.39 is 0 Å². The van der Waals surface area contributed by atoms with E-state index in [0.29, 0.717) is 12.2 Å². The summed E-state index contributed by atoms with van der Waals surface area (Å²) in [5.41, 5.74) is 4.94. The monoisotopic (exact) mass is 264 g/mol. The van der Waals surface area contributed by atoms with E-state index in [4.69, 9.17) is 0 Å². The Morgan fingerprint density at radius 2 is 1.70 bits per heavy atom. The van der Waals surface area contributed by atoms with Crippen molar-refractivity contribution in [2.45, 2.75) is 38.5 Å². The van der Waals surface area contributed by atoms with Gasteiger partial charge in [-0.05, 0) is 27.7 Å². The topological polar surface area (TPSA) is 17.1 Å². The van der Waals surface area contributed by atoms with Gasteiger partial charge < -0.3 is 0 Å². The molecule has 2 aromatic rings. The van der Waals surface area contributed by atoms with Crippen molar-refractivity contribution in [2.24, 2.45) is 0 Å². The summed E-state index contributed by atoms with van der Waals surface area (Å²) in [5, 5.41) is 0. The number of fused-ring (bicyclic) bond motifs is 1. The van der Waals surface area contributed by atoms with E-state index in [-0.39, 0.29) is 11.3 Å². The normalized spacial score (nSPS) is 18.1. The minimum atomic E-state index is -0.0692. The first-order valence-corrected chi connectivity index (χ1v) is 7.18. The number of benzene rings is 2. The molecule has 0 heterocycles. The Bertz CT molecular complexity index is 647. The molecule has 0 N–H and O–H groups in total. The van der Waals surface area contributed by atoms with Crippen LogP contribution in [0.3, 0.4) is 0 Å². The van der Waals surface area contributed by atoms with E-state index in [1.165, 1.54) is 16.7 Å². The van der Waals surface area contributed by atoms with Gasteiger partial charge in [0.2, 0.25) is 0 Å². The third-order valence-corrected chi connectivity index (χ3v) is 4.14. The quantitative estimate of drug-likeness (QED) is 0.753. The summed E-state index contributed by atoms with van der Waals surface area (Å²) in [6.07, 6.45) is 0.568. The highest BCUT2D eigenvalue weighted by Crippen LogP contribution is 2.37. The zero-order chi connectivity index (χ0) is 14.3. The fraction of sp³-hybridized carbons (Fsp3) is 0.316. The first-order valence-electron chi connectivity index (χ1n) is 7.18. The van der Waals surface area contributed by atoms with Gasteiger partial charge in [0.05, 0.1) is 5.92 Å². The van der Waals surface area contributed by atoms with E-state index >= 15 is 0 Å². The molecule has 0 amide bonds. The molecule has 0 saturated heterocycles. The van der Waals surface area contributed by atoms with Crippen molar-refractivity contribution in [3.8, 4) is 0 Å². The van der Waals surface area contributed by atoms with Crippen LogP contribution in [0.5, 0.6) is 0 Å². The van der Waals surface area contributed by atoms with Gasteiger partial charge in [-0.3, -0.25) is 4.79 Å². The molecule has 0 saturated carbocycles. The van der Waals surface area contributed by atoms with Crippen LogP contribution in [0.15, 0.2) is 48.5 Å². The molecular weight excluding hydrogens is 244 g/mol. The van der Waals surface area contributed by atoms with Gasteiger partial charge in [-0.2, -0.15) is 0 Å². The molecule has 102 valence electrons. The molecule has 0 bridgehead atoms. The fourth-order valence-corrected chi connectivity index (χ4v) is 2.98. The van der Waals surface area contributed by atoms with Crippen LogP contribution < -0.4 is 0 Å². The van der Waals surface area contributed by atoms with E-state index in [2.05, 4.69) is 51.1 Å². The van der Waals surface area contributed by atoms with Crippen LogP contribution in [0.25, 0.3) is 0 Å². The third-order valence-electron chi connectivity index (χ3n) is 4.14. The Kier molecular flexibility index (Phi) is 3.01. The Hall–Kier alpha value is -1.89. The number of ketones is 1. The summed E-state index contributed by atoms with van der Waals surface area (Å²) in [6.45, 7) is 6.63. The number of carbonyl (C=O) groups is 1. The molecule has 0 radical (unpaired) electrons. The number of carbonyl (C=O) groups excluding carboxylic acids is 1. The standard InChI is InChI=1S/C19H20O/c1-19(2,3)15-9-10-16-14(11-15)12-17(20)18(16)13-7-5-4-6-8-13/h4-11,18H,12H2,1-3H3. The second-order valence-corrected chi connectivity index (χ2v) is 6.65. The predicted octanol–water partition coefficient (Wildman–Crippen LogP) is 4.24. The van der Waals surface area contributed by atoms with Crippen molar-refractivity contribution >= 4 is 5.78 Å². The van der Waals surface area contributed by atoms with Crippen LogP contribution in [0.2, 0.25) is 0 Å². The summed E-state index contributed by atoms with van der Waals surface area (Å²) < 4.78 is 0. The molecule has 1 aliphatic rings. The first kappa shape index (κ1) is 13.1. The smallest absolute Gasteiger partial charge is 0.149 e. The minimum absolute atomic E-state index is 0.0692. The Morgan fingerprint density at radius 3 is 2.35 bits per heavy atom. The van der Waals surface area contributed by atoms with Crippen molar-refractivity contribution in [1.29, 1.82) is 0 Å². The summed E-state index contributed by atoms with van der Waals surface area (Å²) >= 11 is 0. The number of hydrogen-bond acceptors (Lipinski definition) is 1. The lowest BCUT2D eigenvalue weighted by Gasteiger charge is -2.20. The van der Waals surface area contributed by atoms with Gasteiger partial charge in [0, 0.05) is 6.42 Å². The molecule has 20 heavy (non-hydrogen) atoms. The van der Waals surface area contributed by atoms with Crippen LogP contribution in [-0.4, -0.2) is 5.78 Å². The second-order valence-electron chi connectivity index (χ2n) is 6.65. The lowest BCUT2D eigenvalue weighted by molar-refractivity contribution is -0.118. The van der Waals surface area contributed by atoms with Crippen LogP contribution in [0.1, 0.15) is 48.9 Å². The summed E-state index contributed by atoms with van der Waals surface area (Å²) in [6, 6.07) is 16.6. The molecule has 3 rings (SSSR count). The first-order chi connectivity index (χ1) is 9.47. The largest absolute Gasteiger partial charge is 0.298 e. The van der Waals surface area contributed by atoms with Crippen molar-refractivity contribution in [1.82, 2.24) is 0 Å². The summed E-state index contributed by atoms with van der Waals surface area (Å²) in [4.78, 5) is 12.4. The zero-order valence-electron chi connectivity index (χ0n) is 12.3. The molecule has 1 aliphatic carbocycles. The molecule has 1 nitrogen and oxygen atoms in total. The highest BCUT2D eigenvalue weighted by Gasteiger charge is 2.32. The molecule has 0 aromatic heterocycles. The van der Waals surface area contributed by atoms with Gasteiger partial charge in [-0.1, -0.05) is 69.3 Å². The predicted molar refractivity (Wildman–Crippen MR) is 82.1 cm³/mol. The fourth-order valence-electron chi connectivity index (χ4n) is 2.98. The molecule has 0 spiro atoms. The van der Waals surface area contributed by atoms with Crippen LogP contribution >= 0.6 is 0 Å². The van der Waals surface area contributed by atoms with Gasteiger partial charge in [0.15, 0.2) is 0 Å². The second kappa shape index (κ2) is 4.59. The average Bonchev–Trinajstić information content (AvgIpc) is 2.73. The lowest BCUT2D eigenvalue weighted by Crippen LogP contribution is -2.11. The van der Waals surface area contributed by atoms with Gasteiger partial charge in [0.1, 0.15) is 5.78 Å². The van der Waals surface area contributed by atoms with Gasteiger partial charge in [0.25, 0.3) is 0 Å². The van der Waals surface area contributed by atoms with E-state index in [0.717, 1.165) is 5.56 Å². The molecule has 2 aromatic carbocycles. The van der Waals surface area contributed by atoms with Gasteiger partial charge in [-0.25, -0.2) is 0 Å². The zero-order valence-corrected chi connectivity index (χ0v) is 12.3. The van der Waals surface area contributed by atoms with Gasteiger partial charge >= 0.3 is 0 Å². The highest BCUT2D eigenvalue weighted by atomic mass is 16.1. The van der Waals surface area contributed by atoms with Crippen LogP contribution in [-0.2, 0) is 16.6 Å². The highest BCUT2D eigenvalue weighted by molar-refractivity contribution is 5.95. The maximum atomic E-state index is 12.4. The van der Waals surface area contributed by atoms with E-state index in [9.17, 15) is 4.79 Å². The summed E-state index contributed by atoms with van der Waals surface area (Å²) in [5.74, 6) is 0.248. The SMILES string of the molecule is CC(C)(C)c1ccc2c(c1)CC(=O)C2c1ccccc1. The van der Waals surface area contributed by atoms with E-state index in [1.807, 2.05) is 18.2 Å². The van der Waals surface area contributed by atoms with E-state index in [1.54, 1.807) is 0 Å². The molecular formula is C19H20O. The molecule has 1 heteroatoms. The Morgan fingerprint density at radius 1 is 1.00 bits per heavy atom. The molecule has 0 aliphatic heterocycles. The minimum Gasteiger partial charge on any atom is -0.298 e. The Balaban J connectivity index is 2.06. The molecule has 1 atom stereocenters. The molecule has 0 fully saturated rings. The van der Waals surface area contributed by atoms with Crippen molar-refractivity contribution < 1.29 is 4.79 Å². The number of rotatable bonds is 1. The van der Waals surface area contributed by atoms with Crippen LogP contribution in [0.4, 0.5) is 0 Å². The number of Topliss-reactive ketones (excluding diaryl/α,β-unsaturated/α-hetero) is 1. The number of hydrogen-bond donors (Lipinski definition) is 0. The van der Waals surface area contributed by atoms with Crippen molar-refractivity contribution in [3.05, 3.63) is 70.8 Å². The maximum Gasteiger partial charge on any atom is 0.149 e. The average molecular weight is 264 g/mol. The third kappa shape index (κ3) is 2.18. The Labute approximate surface area is 120 Å². The van der Waals surface area contributed by atoms with Gasteiger partial charge in [-0.15, -0.1) is 0 Å². The maximum absolute atomic E-state index is 12.4. The van der Waals surface area contributed by atoms with Crippen LogP contribution in [0, 0.1) is 0 Å².